The fraction of sp³-hybridized carbons (Fsp3) is 0.231. The number of nitrogens with zero attached hydrogens (tertiary/aromatic N) is 7. The highest BCUT2D eigenvalue weighted by molar-refractivity contribution is 5.80. The van der Waals surface area contributed by atoms with Gasteiger partial charge in [0.2, 0.25) is 11.5 Å². The molecule has 0 saturated heterocycles. The molecule has 9 nitrogen and oxygen atoms in total. The van der Waals surface area contributed by atoms with Crippen LogP contribution in [0.15, 0.2) is 66.9 Å². The van der Waals surface area contributed by atoms with Gasteiger partial charge in [-0.1, -0.05) is 66.7 Å². The molecule has 1 N–H and O–H groups in total. The lowest BCUT2D eigenvalue weighted by atomic mass is 9.98. The van der Waals surface area contributed by atoms with Gasteiger partial charge in [-0.05, 0) is 34.4 Å². The zero-order chi connectivity index (χ0) is 24.2. The highest BCUT2D eigenvalue weighted by atomic mass is 16.5. The van der Waals surface area contributed by atoms with Gasteiger partial charge in [0, 0.05) is 42.8 Å². The Morgan fingerprint density at radius 1 is 0.971 bits per heavy atom. The van der Waals surface area contributed by atoms with Crippen LogP contribution in [0.2, 0.25) is 0 Å². The molecule has 0 radical (unpaired) electrons. The van der Waals surface area contributed by atoms with Crippen molar-refractivity contribution < 1.29 is 4.85 Å². The van der Waals surface area contributed by atoms with Crippen molar-refractivity contribution in [2.24, 2.45) is 0 Å². The molecular formula is C26H26N8O. The molecule has 0 saturated carbocycles. The third-order valence-electron chi connectivity index (χ3n) is 5.99. The zero-order valence-electron chi connectivity index (χ0n) is 19.7. The lowest BCUT2D eigenvalue weighted by Gasteiger charge is -2.10. The maximum Gasteiger partial charge on any atom is 0.218 e. The van der Waals surface area contributed by atoms with Crippen molar-refractivity contribution in [2.45, 2.75) is 39.7 Å². The summed E-state index contributed by atoms with van der Waals surface area (Å²) in [4.78, 5) is 5.46. The number of tetrazole rings is 1. The molecule has 0 fully saturated rings. The summed E-state index contributed by atoms with van der Waals surface area (Å²) < 4.78 is 2.16. The second-order valence-electron chi connectivity index (χ2n) is 8.48. The van der Waals surface area contributed by atoms with Crippen LogP contribution in [0.5, 0.6) is 0 Å². The number of aromatic nitrogens is 8. The molecule has 0 aliphatic carbocycles. The smallest absolute Gasteiger partial charge is 0.218 e. The van der Waals surface area contributed by atoms with Crippen molar-refractivity contribution in [3.63, 3.8) is 0 Å². The minimum absolute atomic E-state index is 0.556. The average Bonchev–Trinajstić information content (AvgIpc) is 3.56. The Balaban J connectivity index is 1.42. The molecule has 35 heavy (non-hydrogen) atoms. The highest BCUT2D eigenvalue weighted by Gasteiger charge is 2.15. The van der Waals surface area contributed by atoms with E-state index in [1.165, 1.54) is 0 Å². The summed E-state index contributed by atoms with van der Waals surface area (Å²) >= 11 is 0. The van der Waals surface area contributed by atoms with Crippen LogP contribution in [-0.2, 0) is 13.0 Å². The van der Waals surface area contributed by atoms with Gasteiger partial charge < -0.3 is 9.77 Å². The van der Waals surface area contributed by atoms with Crippen molar-refractivity contribution in [3.8, 4) is 33.9 Å². The van der Waals surface area contributed by atoms with Gasteiger partial charge in [0.05, 0.1) is 0 Å². The summed E-state index contributed by atoms with van der Waals surface area (Å²) in [5, 5.41) is 30.6. The van der Waals surface area contributed by atoms with Crippen LogP contribution >= 0.6 is 0 Å². The third-order valence-corrected chi connectivity index (χ3v) is 5.99. The van der Waals surface area contributed by atoms with Crippen molar-refractivity contribution in [2.75, 3.05) is 0 Å². The number of nitrogens with one attached hydrogen (secondary N) is 1. The minimum atomic E-state index is 0.556. The van der Waals surface area contributed by atoms with Crippen molar-refractivity contribution in [3.05, 3.63) is 89.1 Å². The first-order valence-electron chi connectivity index (χ1n) is 11.7. The number of hydrogen-bond acceptors (Lipinski definition) is 6. The number of rotatable bonds is 8. The van der Waals surface area contributed by atoms with Crippen LogP contribution in [0.4, 0.5) is 0 Å². The SMILES string of the molecule is CCCCc1nc(-c2ccc(C)[n+]([O-])n2)cn1Cc1ccc(-c2ccccc2-c2nn[nH]n2)cc1. The van der Waals surface area contributed by atoms with Crippen LogP contribution in [0, 0.1) is 12.1 Å². The van der Waals surface area contributed by atoms with Crippen molar-refractivity contribution in [1.82, 2.24) is 35.3 Å². The Morgan fingerprint density at radius 3 is 2.49 bits per heavy atom. The van der Waals surface area contributed by atoms with Gasteiger partial charge in [0.15, 0.2) is 5.69 Å². The number of benzene rings is 2. The van der Waals surface area contributed by atoms with E-state index in [0.717, 1.165) is 47.3 Å². The van der Waals surface area contributed by atoms with E-state index in [1.54, 1.807) is 13.0 Å². The molecule has 0 atom stereocenters. The number of unbranched alkanes of at least 4 members (excludes halogenated alkanes) is 1. The van der Waals surface area contributed by atoms with Crippen molar-refractivity contribution in [1.29, 1.82) is 0 Å². The quantitative estimate of drug-likeness (QED) is 0.272. The molecular weight excluding hydrogens is 440 g/mol. The summed E-state index contributed by atoms with van der Waals surface area (Å²) in [7, 11) is 0. The van der Waals surface area contributed by atoms with E-state index in [0.29, 0.717) is 34.3 Å². The molecule has 5 aromatic rings. The highest BCUT2D eigenvalue weighted by Crippen LogP contribution is 2.30. The molecule has 3 heterocycles. The number of imidazole rings is 1. The Labute approximate surface area is 203 Å². The Morgan fingerprint density at radius 2 is 1.77 bits per heavy atom. The summed E-state index contributed by atoms with van der Waals surface area (Å²) in [6.07, 6.45) is 4.99. The molecule has 9 heteroatoms. The first-order chi connectivity index (χ1) is 17.1. The summed E-state index contributed by atoms with van der Waals surface area (Å²) in [5.41, 5.74) is 6.06. The first kappa shape index (κ1) is 22.4. The molecule has 0 unspecified atom stereocenters. The van der Waals surface area contributed by atoms with E-state index in [9.17, 15) is 5.21 Å². The summed E-state index contributed by atoms with van der Waals surface area (Å²) in [5.74, 6) is 1.56. The standard InChI is InChI=1S/C26H26N8O/c1-3-4-9-25-27-24(23-15-10-18(2)34(35)30-23)17-33(25)16-19-11-13-20(14-12-19)21-7-5-6-8-22(21)26-28-31-32-29-26/h5-8,10-15,17H,3-4,9,16H2,1-2H3,(H,28,29,31,32). The third kappa shape index (κ3) is 4.79. The molecule has 5 rings (SSSR count). The molecule has 0 bridgehead atoms. The van der Waals surface area contributed by atoms with E-state index in [4.69, 9.17) is 4.98 Å². The zero-order valence-corrected chi connectivity index (χ0v) is 19.7. The predicted molar refractivity (Wildman–Crippen MR) is 132 cm³/mol. The number of H-pyrrole nitrogens is 1. The second-order valence-corrected chi connectivity index (χ2v) is 8.48. The largest absolute Gasteiger partial charge is 0.594 e. The van der Waals surface area contributed by atoms with Gasteiger partial charge in [-0.2, -0.15) is 5.21 Å². The van der Waals surface area contributed by atoms with Crippen LogP contribution in [0.25, 0.3) is 33.9 Å². The van der Waals surface area contributed by atoms with Crippen LogP contribution in [0.3, 0.4) is 0 Å². The maximum absolute atomic E-state index is 12.0. The Hall–Kier alpha value is -4.40. The number of aromatic amines is 1. The lowest BCUT2D eigenvalue weighted by Crippen LogP contribution is -2.34. The Kier molecular flexibility index (Phi) is 6.30. The van der Waals surface area contributed by atoms with E-state index >= 15 is 0 Å². The molecule has 0 spiro atoms. The van der Waals surface area contributed by atoms with Crippen LogP contribution in [-0.4, -0.2) is 35.3 Å². The molecule has 0 aliphatic heterocycles. The van der Waals surface area contributed by atoms with Gasteiger partial charge in [0.25, 0.3) is 0 Å². The summed E-state index contributed by atoms with van der Waals surface area (Å²) in [6, 6.07) is 20.1. The topological polar surface area (TPSA) is 112 Å². The van der Waals surface area contributed by atoms with Gasteiger partial charge >= 0.3 is 0 Å². The number of hydrogen-bond donors (Lipinski definition) is 1. The van der Waals surface area contributed by atoms with Gasteiger partial charge in [-0.15, -0.1) is 10.2 Å². The van der Waals surface area contributed by atoms with Crippen LogP contribution in [0.1, 0.15) is 36.8 Å². The minimum Gasteiger partial charge on any atom is -0.594 e. The normalized spacial score (nSPS) is 11.1. The first-order valence-corrected chi connectivity index (χ1v) is 11.7. The van der Waals surface area contributed by atoms with Crippen LogP contribution < -0.4 is 4.85 Å². The van der Waals surface area contributed by atoms with E-state index in [2.05, 4.69) is 67.5 Å². The average molecular weight is 467 g/mol. The molecule has 3 aromatic heterocycles. The predicted octanol–water partition coefficient (Wildman–Crippen LogP) is 4.12. The maximum atomic E-state index is 12.0. The van der Waals surface area contributed by atoms with Gasteiger partial charge in [-0.25, -0.2) is 4.98 Å². The summed E-state index contributed by atoms with van der Waals surface area (Å²) in [6.45, 7) is 4.59. The van der Waals surface area contributed by atoms with E-state index in [-0.39, 0.29) is 0 Å². The van der Waals surface area contributed by atoms with E-state index in [1.807, 2.05) is 30.5 Å². The lowest BCUT2D eigenvalue weighted by molar-refractivity contribution is -0.674. The second kappa shape index (κ2) is 9.84. The van der Waals surface area contributed by atoms with Crippen molar-refractivity contribution >= 4 is 0 Å². The fourth-order valence-electron chi connectivity index (χ4n) is 4.05. The molecule has 2 aromatic carbocycles. The molecule has 0 amide bonds. The molecule has 176 valence electrons. The fourth-order valence-corrected chi connectivity index (χ4v) is 4.05. The Bertz CT molecular complexity index is 1420. The number of aryl methyl sites for hydroxylation is 2. The van der Waals surface area contributed by atoms with E-state index < -0.39 is 0 Å². The van der Waals surface area contributed by atoms with Gasteiger partial charge in [-0.3, -0.25) is 0 Å². The monoisotopic (exact) mass is 466 g/mol. The molecule has 0 aliphatic rings. The van der Waals surface area contributed by atoms with Gasteiger partial charge in [0.1, 0.15) is 11.5 Å².